The van der Waals surface area contributed by atoms with Gasteiger partial charge >= 0.3 is 0 Å². The number of amides is 1. The molecular formula is C20H23N5O. The summed E-state index contributed by atoms with van der Waals surface area (Å²) in [5, 5.41) is 10.9. The van der Waals surface area contributed by atoms with Crippen LogP contribution >= 0.6 is 0 Å². The fraction of sp³-hybridized carbons (Fsp3) is 0.250. The molecule has 0 saturated heterocycles. The van der Waals surface area contributed by atoms with Crippen LogP contribution in [0, 0.1) is 0 Å². The molecule has 0 spiro atoms. The predicted octanol–water partition coefficient (Wildman–Crippen LogP) is 2.58. The number of carbonyl (C=O) groups is 1. The molecule has 1 aromatic heterocycles. The summed E-state index contributed by atoms with van der Waals surface area (Å²) in [6.07, 6.45) is 2.54. The summed E-state index contributed by atoms with van der Waals surface area (Å²) in [5.74, 6) is -0.188. The van der Waals surface area contributed by atoms with Crippen molar-refractivity contribution in [1.82, 2.24) is 20.3 Å². The van der Waals surface area contributed by atoms with Crippen LogP contribution in [0.3, 0.4) is 0 Å². The molecule has 0 radical (unpaired) electrons. The molecule has 1 amide bonds. The lowest BCUT2D eigenvalue weighted by molar-refractivity contribution is 0.0948. The van der Waals surface area contributed by atoms with E-state index in [9.17, 15) is 4.79 Å². The number of anilines is 1. The molecule has 0 saturated carbocycles. The molecule has 134 valence electrons. The van der Waals surface area contributed by atoms with Gasteiger partial charge < -0.3 is 10.2 Å². The van der Waals surface area contributed by atoms with Gasteiger partial charge in [-0.3, -0.25) is 4.79 Å². The minimum absolute atomic E-state index is 0.188. The van der Waals surface area contributed by atoms with Gasteiger partial charge in [0.1, 0.15) is 0 Å². The van der Waals surface area contributed by atoms with Crippen molar-refractivity contribution in [2.45, 2.75) is 13.0 Å². The summed E-state index contributed by atoms with van der Waals surface area (Å²) >= 11 is 0. The number of nitrogens with zero attached hydrogens (tertiary/aromatic N) is 4. The SMILES string of the molecule is CN(CCCNC(=O)c1cn(Cc2ccccc2)nn1)c1ccccc1. The lowest BCUT2D eigenvalue weighted by Gasteiger charge is -2.19. The van der Waals surface area contributed by atoms with E-state index >= 15 is 0 Å². The van der Waals surface area contributed by atoms with E-state index in [1.807, 2.05) is 55.6 Å². The molecule has 2 aromatic carbocycles. The first-order valence-electron chi connectivity index (χ1n) is 8.71. The third kappa shape index (κ3) is 4.92. The topological polar surface area (TPSA) is 63.1 Å². The zero-order valence-electron chi connectivity index (χ0n) is 14.9. The van der Waals surface area contributed by atoms with Gasteiger partial charge in [-0.05, 0) is 24.1 Å². The zero-order chi connectivity index (χ0) is 18.2. The Labute approximate surface area is 153 Å². The maximum atomic E-state index is 12.2. The first kappa shape index (κ1) is 17.7. The molecule has 1 heterocycles. The standard InChI is InChI=1S/C20H23N5O/c1-24(18-11-6-3-7-12-18)14-8-13-21-20(26)19-16-25(23-22-19)15-17-9-4-2-5-10-17/h2-7,9-12,16H,8,13-15H2,1H3,(H,21,26). The van der Waals surface area contributed by atoms with Gasteiger partial charge in [0.2, 0.25) is 0 Å². The van der Waals surface area contributed by atoms with Gasteiger partial charge in [-0.15, -0.1) is 5.10 Å². The van der Waals surface area contributed by atoms with Gasteiger partial charge in [-0.25, -0.2) is 4.68 Å². The second-order valence-electron chi connectivity index (χ2n) is 6.15. The van der Waals surface area contributed by atoms with Crippen LogP contribution in [0.15, 0.2) is 66.9 Å². The van der Waals surface area contributed by atoms with Crippen LogP contribution in [0.1, 0.15) is 22.5 Å². The Morgan fingerprint density at radius 2 is 1.77 bits per heavy atom. The summed E-state index contributed by atoms with van der Waals surface area (Å²) in [6.45, 7) is 2.07. The van der Waals surface area contributed by atoms with Crippen molar-refractivity contribution >= 4 is 11.6 Å². The Balaban J connectivity index is 1.42. The molecule has 0 aliphatic heterocycles. The quantitative estimate of drug-likeness (QED) is 0.635. The highest BCUT2D eigenvalue weighted by atomic mass is 16.2. The molecule has 6 heteroatoms. The van der Waals surface area contributed by atoms with Crippen molar-refractivity contribution in [3.8, 4) is 0 Å². The number of nitrogens with one attached hydrogen (secondary N) is 1. The maximum Gasteiger partial charge on any atom is 0.273 e. The molecule has 3 rings (SSSR count). The summed E-state index contributed by atoms with van der Waals surface area (Å²) in [4.78, 5) is 14.4. The number of carbonyl (C=O) groups excluding carboxylic acids is 1. The van der Waals surface area contributed by atoms with Crippen molar-refractivity contribution in [3.05, 3.63) is 78.1 Å². The molecule has 1 N–H and O–H groups in total. The Morgan fingerprint density at radius 3 is 2.50 bits per heavy atom. The minimum atomic E-state index is -0.188. The number of hydrogen-bond acceptors (Lipinski definition) is 4. The minimum Gasteiger partial charge on any atom is -0.375 e. The van der Waals surface area contributed by atoms with E-state index in [0.29, 0.717) is 18.8 Å². The Bertz CT molecular complexity index is 816. The molecule has 26 heavy (non-hydrogen) atoms. The maximum absolute atomic E-state index is 12.2. The molecule has 0 aliphatic rings. The predicted molar refractivity (Wildman–Crippen MR) is 102 cm³/mol. The molecule has 0 fully saturated rings. The number of benzene rings is 2. The van der Waals surface area contributed by atoms with Crippen molar-refractivity contribution < 1.29 is 4.79 Å². The van der Waals surface area contributed by atoms with Crippen LogP contribution in [0.2, 0.25) is 0 Å². The molecule has 0 bridgehead atoms. The molecule has 0 aliphatic carbocycles. The lowest BCUT2D eigenvalue weighted by atomic mass is 10.2. The molecule has 0 atom stereocenters. The fourth-order valence-corrected chi connectivity index (χ4v) is 2.67. The molecule has 0 unspecified atom stereocenters. The van der Waals surface area contributed by atoms with Crippen LogP contribution in [0.25, 0.3) is 0 Å². The van der Waals surface area contributed by atoms with Crippen LogP contribution in [0.4, 0.5) is 5.69 Å². The van der Waals surface area contributed by atoms with Crippen molar-refractivity contribution in [2.75, 3.05) is 25.0 Å². The normalized spacial score (nSPS) is 10.5. The summed E-state index contributed by atoms with van der Waals surface area (Å²) < 4.78 is 1.67. The lowest BCUT2D eigenvalue weighted by Crippen LogP contribution is -2.28. The van der Waals surface area contributed by atoms with Gasteiger partial charge in [0.15, 0.2) is 5.69 Å². The van der Waals surface area contributed by atoms with E-state index < -0.39 is 0 Å². The largest absolute Gasteiger partial charge is 0.375 e. The molecule has 3 aromatic rings. The van der Waals surface area contributed by atoms with Crippen LogP contribution < -0.4 is 10.2 Å². The smallest absolute Gasteiger partial charge is 0.273 e. The Kier molecular flexibility index (Phi) is 5.98. The molecule has 6 nitrogen and oxygen atoms in total. The van der Waals surface area contributed by atoms with E-state index in [1.54, 1.807) is 10.9 Å². The van der Waals surface area contributed by atoms with Gasteiger partial charge in [-0.1, -0.05) is 53.7 Å². The van der Waals surface area contributed by atoms with Crippen molar-refractivity contribution in [2.24, 2.45) is 0 Å². The summed E-state index contributed by atoms with van der Waals surface area (Å²) in [5.41, 5.74) is 2.63. The van der Waals surface area contributed by atoms with E-state index in [2.05, 4.69) is 32.7 Å². The Hall–Kier alpha value is -3.15. The van der Waals surface area contributed by atoms with E-state index in [4.69, 9.17) is 0 Å². The second kappa shape index (κ2) is 8.80. The van der Waals surface area contributed by atoms with E-state index in [1.165, 1.54) is 5.69 Å². The highest BCUT2D eigenvalue weighted by Crippen LogP contribution is 2.10. The average molecular weight is 349 g/mol. The van der Waals surface area contributed by atoms with Crippen LogP contribution in [0.5, 0.6) is 0 Å². The number of aromatic nitrogens is 3. The first-order chi connectivity index (χ1) is 12.7. The van der Waals surface area contributed by atoms with Crippen molar-refractivity contribution in [3.63, 3.8) is 0 Å². The highest BCUT2D eigenvalue weighted by molar-refractivity contribution is 5.91. The number of para-hydroxylation sites is 1. The fourth-order valence-electron chi connectivity index (χ4n) is 2.67. The third-order valence-electron chi connectivity index (χ3n) is 4.11. The summed E-state index contributed by atoms with van der Waals surface area (Å²) in [6, 6.07) is 20.2. The average Bonchev–Trinajstić information content (AvgIpc) is 3.15. The zero-order valence-corrected chi connectivity index (χ0v) is 14.9. The van der Waals surface area contributed by atoms with E-state index in [-0.39, 0.29) is 5.91 Å². The van der Waals surface area contributed by atoms with Gasteiger partial charge in [0.25, 0.3) is 5.91 Å². The van der Waals surface area contributed by atoms with Gasteiger partial charge in [0.05, 0.1) is 12.7 Å². The van der Waals surface area contributed by atoms with Crippen LogP contribution in [-0.4, -0.2) is 41.0 Å². The van der Waals surface area contributed by atoms with Gasteiger partial charge in [0, 0.05) is 25.8 Å². The second-order valence-corrected chi connectivity index (χ2v) is 6.15. The third-order valence-corrected chi connectivity index (χ3v) is 4.11. The monoisotopic (exact) mass is 349 g/mol. The van der Waals surface area contributed by atoms with Crippen molar-refractivity contribution in [1.29, 1.82) is 0 Å². The summed E-state index contributed by atoms with van der Waals surface area (Å²) in [7, 11) is 2.05. The highest BCUT2D eigenvalue weighted by Gasteiger charge is 2.10. The number of hydrogen-bond donors (Lipinski definition) is 1. The molecular weight excluding hydrogens is 326 g/mol. The van der Waals surface area contributed by atoms with Crippen LogP contribution in [-0.2, 0) is 6.54 Å². The Morgan fingerprint density at radius 1 is 1.08 bits per heavy atom. The van der Waals surface area contributed by atoms with E-state index in [0.717, 1.165) is 18.5 Å². The van der Waals surface area contributed by atoms with Gasteiger partial charge in [-0.2, -0.15) is 0 Å². The first-order valence-corrected chi connectivity index (χ1v) is 8.71. The number of rotatable bonds is 8.